The number of aliphatic hydroxyl groups excluding tert-OH is 1. The number of anilines is 1. The van der Waals surface area contributed by atoms with Crippen LogP contribution in [0.3, 0.4) is 0 Å². The van der Waals surface area contributed by atoms with Crippen molar-refractivity contribution in [2.75, 3.05) is 18.5 Å². The summed E-state index contributed by atoms with van der Waals surface area (Å²) < 4.78 is 1.89. The Morgan fingerprint density at radius 1 is 1.16 bits per heavy atom. The van der Waals surface area contributed by atoms with Gasteiger partial charge in [-0.3, -0.25) is 0 Å². The van der Waals surface area contributed by atoms with Crippen LogP contribution in [0.4, 0.5) is 5.69 Å². The highest BCUT2D eigenvalue weighted by Crippen LogP contribution is 2.19. The number of aromatic nitrogens is 2. The molecule has 19 heavy (non-hydrogen) atoms. The highest BCUT2D eigenvalue weighted by atomic mass is 16.2. The van der Waals surface area contributed by atoms with Crippen LogP contribution in [0.2, 0.25) is 0 Å². The summed E-state index contributed by atoms with van der Waals surface area (Å²) in [6, 6.07) is 10.2. The summed E-state index contributed by atoms with van der Waals surface area (Å²) in [6.07, 6.45) is 4.96. The van der Waals surface area contributed by atoms with Gasteiger partial charge in [-0.1, -0.05) is 12.1 Å². The molecule has 0 bridgehead atoms. The third kappa shape index (κ3) is 3.83. The van der Waals surface area contributed by atoms with Gasteiger partial charge in [0.15, 0.2) is 0 Å². The van der Waals surface area contributed by atoms with E-state index < -0.39 is 0 Å². The van der Waals surface area contributed by atoms with Gasteiger partial charge in [0.1, 0.15) is 0 Å². The van der Waals surface area contributed by atoms with Crippen molar-refractivity contribution in [3.8, 4) is 5.69 Å². The van der Waals surface area contributed by atoms with Gasteiger partial charge in [0, 0.05) is 19.3 Å². The fraction of sp³-hybridized carbons (Fsp3) is 0.400. The van der Waals surface area contributed by atoms with Gasteiger partial charge in [-0.2, -0.15) is 5.10 Å². The van der Waals surface area contributed by atoms with Crippen molar-refractivity contribution in [2.24, 2.45) is 0 Å². The van der Waals surface area contributed by atoms with Gasteiger partial charge in [0.05, 0.1) is 17.1 Å². The number of para-hydroxylation sites is 2. The van der Waals surface area contributed by atoms with Gasteiger partial charge in [-0.15, -0.1) is 0 Å². The Morgan fingerprint density at radius 3 is 2.74 bits per heavy atom. The van der Waals surface area contributed by atoms with Gasteiger partial charge in [-0.05, 0) is 44.4 Å². The molecule has 0 atom stereocenters. The van der Waals surface area contributed by atoms with E-state index in [0.717, 1.165) is 42.9 Å². The first-order valence-electron chi connectivity index (χ1n) is 6.77. The second kappa shape index (κ2) is 6.95. The molecule has 0 radical (unpaired) electrons. The molecule has 0 fully saturated rings. The summed E-state index contributed by atoms with van der Waals surface area (Å²) in [4.78, 5) is 0. The molecule has 0 spiro atoms. The molecule has 0 aliphatic carbocycles. The highest BCUT2D eigenvalue weighted by molar-refractivity contribution is 5.60. The van der Waals surface area contributed by atoms with E-state index in [2.05, 4.69) is 22.5 Å². The van der Waals surface area contributed by atoms with Gasteiger partial charge in [-0.25, -0.2) is 4.68 Å². The molecule has 0 aliphatic heterocycles. The fourth-order valence-electron chi connectivity index (χ4n) is 2.01. The number of aryl methyl sites for hydroxylation is 1. The van der Waals surface area contributed by atoms with Gasteiger partial charge in [0.25, 0.3) is 0 Å². The number of hydrogen-bond acceptors (Lipinski definition) is 3. The Balaban J connectivity index is 2.00. The van der Waals surface area contributed by atoms with Crippen LogP contribution in [0, 0.1) is 6.92 Å². The van der Waals surface area contributed by atoms with Crippen molar-refractivity contribution >= 4 is 5.69 Å². The molecule has 4 nitrogen and oxygen atoms in total. The lowest BCUT2D eigenvalue weighted by Crippen LogP contribution is -2.06. The van der Waals surface area contributed by atoms with Gasteiger partial charge >= 0.3 is 0 Å². The van der Waals surface area contributed by atoms with Crippen molar-refractivity contribution in [2.45, 2.75) is 26.2 Å². The topological polar surface area (TPSA) is 50.1 Å². The van der Waals surface area contributed by atoms with Crippen molar-refractivity contribution < 1.29 is 5.11 Å². The molecule has 0 saturated heterocycles. The average molecular weight is 259 g/mol. The maximum atomic E-state index is 8.75. The molecule has 2 rings (SSSR count). The largest absolute Gasteiger partial charge is 0.396 e. The third-order valence-electron chi connectivity index (χ3n) is 3.02. The summed E-state index contributed by atoms with van der Waals surface area (Å²) in [6.45, 7) is 3.18. The molecule has 1 heterocycles. The molecule has 0 saturated carbocycles. The van der Waals surface area contributed by atoms with Crippen LogP contribution >= 0.6 is 0 Å². The standard InChI is InChI=1S/C15H21N3O/c1-13-9-11-18(17-13)15-8-4-3-7-14(15)16-10-5-2-6-12-19/h3-4,7-9,11,16,19H,2,5-6,10,12H2,1H3. The summed E-state index contributed by atoms with van der Waals surface area (Å²) in [7, 11) is 0. The maximum Gasteiger partial charge on any atom is 0.0876 e. The molecule has 0 unspecified atom stereocenters. The number of nitrogens with zero attached hydrogens (tertiary/aromatic N) is 2. The number of hydrogen-bond donors (Lipinski definition) is 2. The molecule has 102 valence electrons. The quantitative estimate of drug-likeness (QED) is 0.752. The van der Waals surface area contributed by atoms with Crippen LogP contribution in [-0.4, -0.2) is 28.0 Å². The molecule has 1 aromatic carbocycles. The zero-order chi connectivity index (χ0) is 13.5. The van der Waals surface area contributed by atoms with Crippen molar-refractivity contribution in [1.82, 2.24) is 9.78 Å². The smallest absolute Gasteiger partial charge is 0.0876 e. The zero-order valence-electron chi connectivity index (χ0n) is 11.3. The van der Waals surface area contributed by atoms with E-state index in [0.29, 0.717) is 0 Å². The Hall–Kier alpha value is -1.81. The van der Waals surface area contributed by atoms with E-state index in [1.54, 1.807) is 0 Å². The van der Waals surface area contributed by atoms with E-state index >= 15 is 0 Å². The second-order valence-electron chi connectivity index (χ2n) is 4.63. The number of rotatable bonds is 7. The van der Waals surface area contributed by atoms with E-state index in [1.165, 1.54) is 0 Å². The summed E-state index contributed by atoms with van der Waals surface area (Å²) in [5, 5.41) is 16.6. The average Bonchev–Trinajstić information content (AvgIpc) is 2.85. The molecule has 0 aliphatic rings. The number of unbranched alkanes of at least 4 members (excludes halogenated alkanes) is 2. The molecule has 0 amide bonds. The fourth-order valence-corrected chi connectivity index (χ4v) is 2.01. The summed E-state index contributed by atoms with van der Waals surface area (Å²) in [5.41, 5.74) is 3.17. The van der Waals surface area contributed by atoms with Crippen LogP contribution in [0.25, 0.3) is 5.69 Å². The Labute approximate surface area is 114 Å². The second-order valence-corrected chi connectivity index (χ2v) is 4.63. The van der Waals surface area contributed by atoms with Crippen LogP contribution in [-0.2, 0) is 0 Å². The summed E-state index contributed by atoms with van der Waals surface area (Å²) >= 11 is 0. The Bertz CT molecular complexity index is 508. The van der Waals surface area contributed by atoms with E-state index in [1.807, 2.05) is 36.0 Å². The predicted octanol–water partition coefficient (Wildman–Crippen LogP) is 2.76. The Kier molecular flexibility index (Phi) is 4.98. The lowest BCUT2D eigenvalue weighted by molar-refractivity contribution is 0.283. The minimum atomic E-state index is 0.281. The zero-order valence-corrected chi connectivity index (χ0v) is 11.3. The third-order valence-corrected chi connectivity index (χ3v) is 3.02. The SMILES string of the molecule is Cc1ccn(-c2ccccc2NCCCCCO)n1. The normalized spacial score (nSPS) is 10.6. The molecule has 2 N–H and O–H groups in total. The predicted molar refractivity (Wildman–Crippen MR) is 77.7 cm³/mol. The van der Waals surface area contributed by atoms with E-state index in [9.17, 15) is 0 Å². The Morgan fingerprint density at radius 2 is 2.00 bits per heavy atom. The first kappa shape index (κ1) is 13.6. The maximum absolute atomic E-state index is 8.75. The minimum Gasteiger partial charge on any atom is -0.396 e. The van der Waals surface area contributed by atoms with Crippen LogP contribution in [0.15, 0.2) is 36.5 Å². The number of aliphatic hydroxyl groups is 1. The molecular weight excluding hydrogens is 238 g/mol. The first-order chi connectivity index (χ1) is 9.31. The summed E-state index contributed by atoms with van der Waals surface area (Å²) in [5.74, 6) is 0. The first-order valence-corrected chi connectivity index (χ1v) is 6.77. The molecule has 1 aromatic heterocycles. The van der Waals surface area contributed by atoms with E-state index in [-0.39, 0.29) is 6.61 Å². The lowest BCUT2D eigenvalue weighted by Gasteiger charge is -2.11. The van der Waals surface area contributed by atoms with Gasteiger partial charge in [0.2, 0.25) is 0 Å². The van der Waals surface area contributed by atoms with Crippen LogP contribution in [0.5, 0.6) is 0 Å². The van der Waals surface area contributed by atoms with Gasteiger partial charge < -0.3 is 10.4 Å². The van der Waals surface area contributed by atoms with E-state index in [4.69, 9.17) is 5.11 Å². The molecule has 4 heteroatoms. The van der Waals surface area contributed by atoms with Crippen molar-refractivity contribution in [3.05, 3.63) is 42.2 Å². The molecular formula is C15H21N3O. The minimum absolute atomic E-state index is 0.281. The van der Waals surface area contributed by atoms with Crippen LogP contribution < -0.4 is 5.32 Å². The van der Waals surface area contributed by atoms with Crippen molar-refractivity contribution in [1.29, 1.82) is 0 Å². The molecule has 2 aromatic rings. The highest BCUT2D eigenvalue weighted by Gasteiger charge is 2.04. The number of benzene rings is 1. The monoisotopic (exact) mass is 259 g/mol. The number of nitrogens with one attached hydrogen (secondary N) is 1. The van der Waals surface area contributed by atoms with Crippen LogP contribution in [0.1, 0.15) is 25.0 Å². The van der Waals surface area contributed by atoms with Crippen molar-refractivity contribution in [3.63, 3.8) is 0 Å². The lowest BCUT2D eigenvalue weighted by atomic mass is 10.2.